The highest BCUT2D eigenvalue weighted by Gasteiger charge is 2.18. The van der Waals surface area contributed by atoms with E-state index in [4.69, 9.17) is 0 Å². The zero-order valence-corrected chi connectivity index (χ0v) is 12.9. The molecule has 0 saturated carbocycles. The quantitative estimate of drug-likeness (QED) is 0.551. The average Bonchev–Trinajstić information content (AvgIpc) is 3.18. The molecule has 0 spiro atoms. The smallest absolute Gasteiger partial charge is 0.147 e. The van der Waals surface area contributed by atoms with Crippen LogP contribution in [0.5, 0.6) is 0 Å². The number of fused-ring (bicyclic) bond motifs is 1. The SMILES string of the molecule is N#Cc1c(-c2ccccc2)csc1-c1nc2cncnc2s1. The van der Waals surface area contributed by atoms with Gasteiger partial charge in [0.2, 0.25) is 0 Å². The highest BCUT2D eigenvalue weighted by Crippen LogP contribution is 2.40. The fourth-order valence-electron chi connectivity index (χ4n) is 2.24. The van der Waals surface area contributed by atoms with Gasteiger partial charge in [-0.15, -0.1) is 11.3 Å². The molecule has 0 radical (unpaired) electrons. The molecule has 3 aromatic heterocycles. The molecule has 104 valence electrons. The van der Waals surface area contributed by atoms with Crippen LogP contribution >= 0.6 is 22.7 Å². The Labute approximate surface area is 134 Å². The Morgan fingerprint density at radius 3 is 2.77 bits per heavy atom. The minimum Gasteiger partial charge on any atom is -0.242 e. The number of nitriles is 1. The van der Waals surface area contributed by atoms with Crippen molar-refractivity contribution in [1.82, 2.24) is 15.0 Å². The molecule has 22 heavy (non-hydrogen) atoms. The van der Waals surface area contributed by atoms with Crippen LogP contribution in [0.25, 0.3) is 31.4 Å². The first-order valence-electron chi connectivity index (χ1n) is 6.51. The van der Waals surface area contributed by atoms with E-state index in [1.807, 2.05) is 35.7 Å². The van der Waals surface area contributed by atoms with Crippen LogP contribution in [-0.2, 0) is 0 Å². The third kappa shape index (κ3) is 2.08. The van der Waals surface area contributed by atoms with E-state index in [1.165, 1.54) is 17.7 Å². The Morgan fingerprint density at radius 2 is 2.00 bits per heavy atom. The topological polar surface area (TPSA) is 62.5 Å². The first-order valence-corrected chi connectivity index (χ1v) is 8.20. The van der Waals surface area contributed by atoms with Crippen LogP contribution in [0.3, 0.4) is 0 Å². The van der Waals surface area contributed by atoms with Crippen LogP contribution in [0, 0.1) is 11.3 Å². The van der Waals surface area contributed by atoms with Gasteiger partial charge in [-0.1, -0.05) is 41.7 Å². The van der Waals surface area contributed by atoms with Gasteiger partial charge in [0.1, 0.15) is 27.8 Å². The summed E-state index contributed by atoms with van der Waals surface area (Å²) in [4.78, 5) is 14.5. The summed E-state index contributed by atoms with van der Waals surface area (Å²) in [5.74, 6) is 0. The van der Waals surface area contributed by atoms with Crippen LogP contribution < -0.4 is 0 Å². The lowest BCUT2D eigenvalue weighted by Crippen LogP contribution is -1.81. The van der Waals surface area contributed by atoms with Crippen molar-refractivity contribution < 1.29 is 0 Å². The highest BCUT2D eigenvalue weighted by atomic mass is 32.1. The first kappa shape index (κ1) is 13.1. The van der Waals surface area contributed by atoms with Gasteiger partial charge in [-0.05, 0) is 5.56 Å². The molecular formula is C16H8N4S2. The molecule has 0 bridgehead atoms. The van der Waals surface area contributed by atoms with Gasteiger partial charge in [0.05, 0.1) is 16.6 Å². The van der Waals surface area contributed by atoms with Crippen molar-refractivity contribution in [3.8, 4) is 27.1 Å². The van der Waals surface area contributed by atoms with Gasteiger partial charge >= 0.3 is 0 Å². The number of benzene rings is 1. The Morgan fingerprint density at radius 1 is 1.14 bits per heavy atom. The molecule has 1 aromatic carbocycles. The minimum absolute atomic E-state index is 0.670. The second-order valence-electron chi connectivity index (χ2n) is 4.56. The third-order valence-corrected chi connectivity index (χ3v) is 5.37. The molecule has 4 rings (SSSR count). The largest absolute Gasteiger partial charge is 0.242 e. The van der Waals surface area contributed by atoms with Crippen molar-refractivity contribution in [1.29, 1.82) is 5.26 Å². The van der Waals surface area contributed by atoms with E-state index in [0.717, 1.165) is 31.4 Å². The van der Waals surface area contributed by atoms with Gasteiger partial charge in [-0.25, -0.2) is 15.0 Å². The van der Waals surface area contributed by atoms with E-state index < -0.39 is 0 Å². The van der Waals surface area contributed by atoms with Gasteiger partial charge in [-0.3, -0.25) is 0 Å². The van der Waals surface area contributed by atoms with Crippen LogP contribution in [0.2, 0.25) is 0 Å². The van der Waals surface area contributed by atoms with Gasteiger partial charge in [0.25, 0.3) is 0 Å². The zero-order valence-electron chi connectivity index (χ0n) is 11.2. The van der Waals surface area contributed by atoms with Crippen molar-refractivity contribution in [2.75, 3.05) is 0 Å². The van der Waals surface area contributed by atoms with E-state index in [9.17, 15) is 5.26 Å². The van der Waals surface area contributed by atoms with E-state index >= 15 is 0 Å². The van der Waals surface area contributed by atoms with Gasteiger partial charge < -0.3 is 0 Å². The predicted octanol–water partition coefficient (Wildman–Crippen LogP) is 4.35. The van der Waals surface area contributed by atoms with Crippen molar-refractivity contribution in [2.24, 2.45) is 0 Å². The Hall–Kier alpha value is -2.62. The number of rotatable bonds is 2. The second-order valence-corrected chi connectivity index (χ2v) is 6.42. The van der Waals surface area contributed by atoms with Crippen molar-refractivity contribution in [3.63, 3.8) is 0 Å². The van der Waals surface area contributed by atoms with Crippen LogP contribution in [0.4, 0.5) is 0 Å². The molecule has 4 aromatic rings. The fraction of sp³-hybridized carbons (Fsp3) is 0. The molecule has 3 heterocycles. The molecule has 0 unspecified atom stereocenters. The number of thiazole rings is 1. The maximum Gasteiger partial charge on any atom is 0.147 e. The van der Waals surface area contributed by atoms with Crippen molar-refractivity contribution in [2.45, 2.75) is 0 Å². The van der Waals surface area contributed by atoms with Crippen LogP contribution in [0.15, 0.2) is 48.2 Å². The fourth-order valence-corrected chi connectivity index (χ4v) is 4.25. The molecule has 0 aliphatic rings. The number of aromatic nitrogens is 3. The Kier molecular flexibility index (Phi) is 3.15. The lowest BCUT2D eigenvalue weighted by atomic mass is 10.0. The molecule has 0 saturated heterocycles. The molecule has 0 amide bonds. The standard InChI is InChI=1S/C16H8N4S2/c17-6-11-12(10-4-2-1-3-5-10)8-21-14(11)16-20-13-7-18-9-19-15(13)22-16/h1-5,7-9H. The van der Waals surface area contributed by atoms with Crippen molar-refractivity contribution >= 4 is 33.0 Å². The van der Waals surface area contributed by atoms with Crippen LogP contribution in [0.1, 0.15) is 5.56 Å². The molecule has 0 aliphatic heterocycles. The number of hydrogen-bond acceptors (Lipinski definition) is 6. The molecular weight excluding hydrogens is 312 g/mol. The molecule has 0 aliphatic carbocycles. The molecule has 0 N–H and O–H groups in total. The average molecular weight is 320 g/mol. The third-order valence-electron chi connectivity index (χ3n) is 3.25. The summed E-state index contributed by atoms with van der Waals surface area (Å²) in [5, 5.41) is 12.4. The van der Waals surface area contributed by atoms with E-state index in [0.29, 0.717) is 5.56 Å². The molecule has 0 atom stereocenters. The van der Waals surface area contributed by atoms with Gasteiger partial charge in [0, 0.05) is 10.9 Å². The number of nitrogens with zero attached hydrogens (tertiary/aromatic N) is 4. The minimum atomic E-state index is 0.670. The normalized spacial score (nSPS) is 10.7. The summed E-state index contributed by atoms with van der Waals surface area (Å²) in [6.45, 7) is 0. The molecule has 0 fully saturated rings. The highest BCUT2D eigenvalue weighted by molar-refractivity contribution is 7.25. The number of thiophene rings is 1. The van der Waals surface area contributed by atoms with E-state index in [1.54, 1.807) is 17.5 Å². The monoisotopic (exact) mass is 320 g/mol. The Balaban J connectivity index is 1.90. The van der Waals surface area contributed by atoms with Crippen LogP contribution in [-0.4, -0.2) is 15.0 Å². The van der Waals surface area contributed by atoms with Crippen molar-refractivity contribution in [3.05, 3.63) is 53.8 Å². The summed E-state index contributed by atoms with van der Waals surface area (Å²) in [6, 6.07) is 12.3. The molecule has 4 nitrogen and oxygen atoms in total. The summed E-state index contributed by atoms with van der Waals surface area (Å²) in [6.07, 6.45) is 3.21. The lowest BCUT2D eigenvalue weighted by Gasteiger charge is -1.98. The Bertz CT molecular complexity index is 963. The summed E-state index contributed by atoms with van der Waals surface area (Å²) in [5.41, 5.74) is 3.43. The first-order chi connectivity index (χ1) is 10.9. The summed E-state index contributed by atoms with van der Waals surface area (Å²) in [7, 11) is 0. The summed E-state index contributed by atoms with van der Waals surface area (Å²) < 4.78 is 0. The summed E-state index contributed by atoms with van der Waals surface area (Å²) >= 11 is 3.03. The predicted molar refractivity (Wildman–Crippen MR) is 88.7 cm³/mol. The lowest BCUT2D eigenvalue weighted by molar-refractivity contribution is 1.22. The van der Waals surface area contributed by atoms with E-state index in [-0.39, 0.29) is 0 Å². The number of hydrogen-bond donors (Lipinski definition) is 0. The maximum absolute atomic E-state index is 9.59. The maximum atomic E-state index is 9.59. The zero-order chi connectivity index (χ0) is 14.9. The molecule has 6 heteroatoms. The van der Waals surface area contributed by atoms with Gasteiger partial charge in [-0.2, -0.15) is 5.26 Å². The van der Waals surface area contributed by atoms with Gasteiger partial charge in [0.15, 0.2) is 0 Å². The van der Waals surface area contributed by atoms with E-state index in [2.05, 4.69) is 21.0 Å². The second kappa shape index (κ2) is 5.30.